The molecule has 2 N–H and O–H groups in total. The number of fused-ring (bicyclic) bond motifs is 1. The number of rotatable bonds is 5. The van der Waals surface area contributed by atoms with Crippen molar-refractivity contribution in [3.8, 4) is 0 Å². The van der Waals surface area contributed by atoms with Crippen LogP contribution in [0.5, 0.6) is 0 Å². The summed E-state index contributed by atoms with van der Waals surface area (Å²) in [7, 11) is -3.41. The molecule has 26 heavy (non-hydrogen) atoms. The predicted molar refractivity (Wildman–Crippen MR) is 98.8 cm³/mol. The first-order valence-corrected chi connectivity index (χ1v) is 10.1. The topological polar surface area (TPSA) is 110 Å². The van der Waals surface area contributed by atoms with E-state index in [9.17, 15) is 18.0 Å². The predicted octanol–water partition coefficient (Wildman–Crippen LogP) is 1.30. The Labute approximate surface area is 151 Å². The van der Waals surface area contributed by atoms with E-state index in [1.54, 1.807) is 31.2 Å². The number of hydrogen-bond acceptors (Lipinski definition) is 5. The van der Waals surface area contributed by atoms with Crippen molar-refractivity contribution < 1.29 is 13.2 Å². The minimum Gasteiger partial charge on any atom is -0.324 e. The minimum atomic E-state index is -3.41. The van der Waals surface area contributed by atoms with E-state index in [2.05, 4.69) is 15.1 Å². The zero-order chi connectivity index (χ0) is 18.9. The number of benzene rings is 1. The van der Waals surface area contributed by atoms with Gasteiger partial charge in [0.2, 0.25) is 15.9 Å². The SMILES string of the molecule is C[C@@H](C(=O)Nc1cccc(NS(C)(=O)=O)c1)n1nc2c(cc1=O)CCC2. The quantitative estimate of drug-likeness (QED) is 0.817. The van der Waals surface area contributed by atoms with Crippen LogP contribution in [0.2, 0.25) is 0 Å². The van der Waals surface area contributed by atoms with Gasteiger partial charge in [-0.05, 0) is 49.9 Å². The first kappa shape index (κ1) is 18.1. The van der Waals surface area contributed by atoms with E-state index in [-0.39, 0.29) is 5.56 Å². The molecule has 0 aliphatic heterocycles. The van der Waals surface area contributed by atoms with Crippen molar-refractivity contribution in [3.63, 3.8) is 0 Å². The highest BCUT2D eigenvalue weighted by Gasteiger charge is 2.21. The highest BCUT2D eigenvalue weighted by atomic mass is 32.2. The third kappa shape index (κ3) is 4.10. The Hall–Kier alpha value is -2.68. The summed E-state index contributed by atoms with van der Waals surface area (Å²) in [4.78, 5) is 24.7. The summed E-state index contributed by atoms with van der Waals surface area (Å²) in [6.07, 6.45) is 3.67. The molecular weight excluding hydrogens is 356 g/mol. The lowest BCUT2D eigenvalue weighted by Gasteiger charge is -2.15. The van der Waals surface area contributed by atoms with Gasteiger partial charge in [0.15, 0.2) is 0 Å². The maximum Gasteiger partial charge on any atom is 0.267 e. The number of amides is 1. The molecule has 3 rings (SSSR count). The van der Waals surface area contributed by atoms with E-state index in [1.807, 2.05) is 0 Å². The smallest absolute Gasteiger partial charge is 0.267 e. The van der Waals surface area contributed by atoms with E-state index < -0.39 is 22.0 Å². The van der Waals surface area contributed by atoms with Crippen molar-refractivity contribution in [2.45, 2.75) is 32.2 Å². The van der Waals surface area contributed by atoms with Gasteiger partial charge in [0.25, 0.3) is 5.56 Å². The van der Waals surface area contributed by atoms with Gasteiger partial charge in [-0.25, -0.2) is 13.1 Å². The van der Waals surface area contributed by atoms with Crippen LogP contribution in [0.15, 0.2) is 35.1 Å². The molecule has 1 amide bonds. The van der Waals surface area contributed by atoms with Gasteiger partial charge in [-0.1, -0.05) is 6.07 Å². The fraction of sp³-hybridized carbons (Fsp3) is 0.353. The summed E-state index contributed by atoms with van der Waals surface area (Å²) in [5.41, 5.74) is 2.28. The molecule has 0 saturated carbocycles. The first-order chi connectivity index (χ1) is 12.2. The van der Waals surface area contributed by atoms with Gasteiger partial charge in [0.1, 0.15) is 6.04 Å². The van der Waals surface area contributed by atoms with E-state index >= 15 is 0 Å². The molecule has 0 bridgehead atoms. The zero-order valence-electron chi connectivity index (χ0n) is 14.5. The van der Waals surface area contributed by atoms with Crippen molar-refractivity contribution in [1.82, 2.24) is 9.78 Å². The average molecular weight is 376 g/mol. The number of aryl methyl sites for hydroxylation is 2. The lowest BCUT2D eigenvalue weighted by Crippen LogP contribution is -2.34. The molecule has 1 aliphatic rings. The number of sulfonamides is 1. The van der Waals surface area contributed by atoms with Gasteiger partial charge in [0.05, 0.1) is 17.6 Å². The van der Waals surface area contributed by atoms with Gasteiger partial charge in [0, 0.05) is 11.8 Å². The van der Waals surface area contributed by atoms with Gasteiger partial charge < -0.3 is 5.32 Å². The molecule has 1 atom stereocenters. The number of carbonyl (C=O) groups is 1. The largest absolute Gasteiger partial charge is 0.324 e. The molecule has 9 heteroatoms. The second kappa shape index (κ2) is 6.91. The second-order valence-corrected chi connectivity index (χ2v) is 8.12. The molecular formula is C17H20N4O4S. The van der Waals surface area contributed by atoms with Gasteiger partial charge in [-0.3, -0.25) is 14.3 Å². The van der Waals surface area contributed by atoms with Gasteiger partial charge in [-0.15, -0.1) is 0 Å². The van der Waals surface area contributed by atoms with Gasteiger partial charge >= 0.3 is 0 Å². The molecule has 0 radical (unpaired) electrons. The third-order valence-electron chi connectivity index (χ3n) is 4.16. The van der Waals surface area contributed by atoms with E-state index in [4.69, 9.17) is 0 Å². The molecule has 2 aromatic rings. The van der Waals surface area contributed by atoms with E-state index in [1.165, 1.54) is 10.7 Å². The van der Waals surface area contributed by atoms with E-state index in [0.29, 0.717) is 11.4 Å². The Kier molecular flexibility index (Phi) is 4.82. The maximum atomic E-state index is 12.5. The normalized spacial score (nSPS) is 14.5. The minimum absolute atomic E-state index is 0.305. The number of nitrogens with zero attached hydrogens (tertiary/aromatic N) is 2. The molecule has 0 spiro atoms. The van der Waals surface area contributed by atoms with Crippen LogP contribution in [0, 0.1) is 0 Å². The highest BCUT2D eigenvalue weighted by Crippen LogP contribution is 2.19. The second-order valence-electron chi connectivity index (χ2n) is 6.37. The Morgan fingerprint density at radius 1 is 1.23 bits per heavy atom. The van der Waals surface area contributed by atoms with Crippen LogP contribution in [-0.4, -0.2) is 30.4 Å². The van der Waals surface area contributed by atoms with Crippen LogP contribution in [0.25, 0.3) is 0 Å². The molecule has 0 unspecified atom stereocenters. The highest BCUT2D eigenvalue weighted by molar-refractivity contribution is 7.92. The fourth-order valence-electron chi connectivity index (χ4n) is 2.93. The van der Waals surface area contributed by atoms with Crippen LogP contribution in [0.4, 0.5) is 11.4 Å². The number of hydrogen-bond donors (Lipinski definition) is 2. The van der Waals surface area contributed by atoms with Crippen LogP contribution in [-0.2, 0) is 27.7 Å². The molecule has 8 nitrogen and oxygen atoms in total. The van der Waals surface area contributed by atoms with Crippen molar-refractivity contribution in [1.29, 1.82) is 0 Å². The number of aromatic nitrogens is 2. The van der Waals surface area contributed by atoms with E-state index in [0.717, 1.165) is 36.8 Å². The summed E-state index contributed by atoms with van der Waals surface area (Å²) in [5, 5.41) is 7.02. The summed E-state index contributed by atoms with van der Waals surface area (Å²) in [6.45, 7) is 1.60. The molecule has 1 heterocycles. The Bertz CT molecular complexity index is 1010. The van der Waals surface area contributed by atoms with Crippen molar-refractivity contribution in [2.24, 2.45) is 0 Å². The third-order valence-corrected chi connectivity index (χ3v) is 4.77. The summed E-state index contributed by atoms with van der Waals surface area (Å²) in [6, 6.07) is 7.09. The number of carbonyl (C=O) groups excluding carboxylic acids is 1. The molecule has 1 aromatic heterocycles. The van der Waals surface area contributed by atoms with Crippen molar-refractivity contribution >= 4 is 27.3 Å². The first-order valence-electron chi connectivity index (χ1n) is 8.23. The number of nitrogens with one attached hydrogen (secondary N) is 2. The molecule has 0 saturated heterocycles. The van der Waals surface area contributed by atoms with Crippen molar-refractivity contribution in [2.75, 3.05) is 16.3 Å². The molecule has 138 valence electrons. The summed E-state index contributed by atoms with van der Waals surface area (Å²) in [5.74, 6) is -0.408. The Balaban J connectivity index is 1.78. The van der Waals surface area contributed by atoms with Gasteiger partial charge in [-0.2, -0.15) is 5.10 Å². The molecule has 0 fully saturated rings. The summed E-state index contributed by atoms with van der Waals surface area (Å²) < 4.78 is 26.2. The lowest BCUT2D eigenvalue weighted by molar-refractivity contribution is -0.119. The average Bonchev–Trinajstić information content (AvgIpc) is 2.99. The lowest BCUT2D eigenvalue weighted by atomic mass is 10.2. The Morgan fingerprint density at radius 2 is 1.96 bits per heavy atom. The summed E-state index contributed by atoms with van der Waals surface area (Å²) >= 11 is 0. The fourth-order valence-corrected chi connectivity index (χ4v) is 3.48. The van der Waals surface area contributed by atoms with Crippen LogP contribution in [0.3, 0.4) is 0 Å². The molecule has 1 aliphatic carbocycles. The van der Waals surface area contributed by atoms with Crippen LogP contribution in [0.1, 0.15) is 30.6 Å². The standard InChI is InChI=1S/C17H20N4O4S/c1-11(21-16(22)9-12-5-3-8-15(12)19-21)17(23)18-13-6-4-7-14(10-13)20-26(2,24)25/h4,6-7,9-11,20H,3,5,8H2,1-2H3,(H,18,23)/t11-/m0/s1. The zero-order valence-corrected chi connectivity index (χ0v) is 15.3. The number of anilines is 2. The van der Waals surface area contributed by atoms with Crippen LogP contribution >= 0.6 is 0 Å². The van der Waals surface area contributed by atoms with Crippen molar-refractivity contribution in [3.05, 3.63) is 51.9 Å². The monoisotopic (exact) mass is 376 g/mol. The Morgan fingerprint density at radius 3 is 2.69 bits per heavy atom. The molecule has 1 aromatic carbocycles. The van der Waals surface area contributed by atoms with Crippen LogP contribution < -0.4 is 15.6 Å². The maximum absolute atomic E-state index is 12.5.